The lowest BCUT2D eigenvalue weighted by atomic mass is 9.99. The van der Waals surface area contributed by atoms with Crippen LogP contribution in [0, 0.1) is 0 Å². The highest BCUT2D eigenvalue weighted by molar-refractivity contribution is 5.76. The summed E-state index contributed by atoms with van der Waals surface area (Å²) in [6, 6.07) is -0.798. The van der Waals surface area contributed by atoms with Crippen molar-refractivity contribution in [3.05, 3.63) is 12.2 Å². The Balaban J connectivity index is 2.31. The zero-order valence-electron chi connectivity index (χ0n) is 37.8. The summed E-state index contributed by atoms with van der Waals surface area (Å²) in [6.07, 6.45) is 39.7. The molecule has 0 aliphatic carbocycles. The molecule has 58 heavy (non-hydrogen) atoms. The molecule has 344 valence electrons. The molecule has 1 fully saturated rings. The van der Waals surface area contributed by atoms with Gasteiger partial charge in [0.05, 0.1) is 25.4 Å². The highest BCUT2D eigenvalue weighted by atomic mass is 16.7. The number of amides is 1. The summed E-state index contributed by atoms with van der Waals surface area (Å²) in [4.78, 5) is 13.0. The van der Waals surface area contributed by atoms with E-state index in [2.05, 4.69) is 19.2 Å². The Kier molecular flexibility index (Phi) is 37.9. The van der Waals surface area contributed by atoms with Crippen molar-refractivity contribution in [2.75, 3.05) is 13.2 Å². The zero-order chi connectivity index (χ0) is 42.3. The van der Waals surface area contributed by atoms with E-state index in [1.54, 1.807) is 6.08 Å². The van der Waals surface area contributed by atoms with Gasteiger partial charge in [0, 0.05) is 6.42 Å². The van der Waals surface area contributed by atoms with Crippen molar-refractivity contribution < 1.29 is 39.8 Å². The number of aliphatic hydroxyl groups is 5. The van der Waals surface area contributed by atoms with Crippen LogP contribution in [-0.2, 0) is 14.3 Å². The third kappa shape index (κ3) is 30.0. The minimum Gasteiger partial charge on any atom is -0.394 e. The van der Waals surface area contributed by atoms with Crippen LogP contribution in [0.4, 0.5) is 0 Å². The first-order chi connectivity index (χ1) is 28.3. The van der Waals surface area contributed by atoms with E-state index in [0.29, 0.717) is 6.42 Å². The molecule has 6 N–H and O–H groups in total. The summed E-state index contributed by atoms with van der Waals surface area (Å²) in [5.41, 5.74) is 0. The van der Waals surface area contributed by atoms with Crippen LogP contribution in [0.25, 0.3) is 0 Å². The Labute approximate surface area is 356 Å². The second-order valence-electron chi connectivity index (χ2n) is 17.6. The zero-order valence-corrected chi connectivity index (χ0v) is 37.8. The van der Waals surface area contributed by atoms with Crippen LogP contribution in [0.3, 0.4) is 0 Å². The molecule has 1 saturated heterocycles. The maximum absolute atomic E-state index is 13.0. The summed E-state index contributed by atoms with van der Waals surface area (Å²) in [6.45, 7) is 3.80. The van der Waals surface area contributed by atoms with Gasteiger partial charge in [-0.25, -0.2) is 0 Å². The topological polar surface area (TPSA) is 149 Å². The van der Waals surface area contributed by atoms with Crippen LogP contribution >= 0.6 is 0 Å². The number of allylic oxidation sites excluding steroid dienone is 1. The lowest BCUT2D eigenvalue weighted by Crippen LogP contribution is -2.60. The van der Waals surface area contributed by atoms with E-state index in [-0.39, 0.29) is 12.5 Å². The third-order valence-electron chi connectivity index (χ3n) is 12.1. The highest BCUT2D eigenvalue weighted by Gasteiger charge is 2.44. The molecule has 1 heterocycles. The molecular formula is C49H95NO8. The van der Waals surface area contributed by atoms with Crippen LogP contribution in [0.1, 0.15) is 239 Å². The smallest absolute Gasteiger partial charge is 0.220 e. The molecule has 0 aromatic heterocycles. The Morgan fingerprint density at radius 3 is 1.34 bits per heavy atom. The Hall–Kier alpha value is -1.07. The molecule has 0 aromatic carbocycles. The van der Waals surface area contributed by atoms with Crippen molar-refractivity contribution in [2.24, 2.45) is 0 Å². The predicted octanol–water partition coefficient (Wildman–Crippen LogP) is 10.9. The van der Waals surface area contributed by atoms with E-state index in [1.807, 2.05) is 6.08 Å². The Morgan fingerprint density at radius 1 is 0.569 bits per heavy atom. The average molecular weight is 826 g/mol. The molecule has 0 spiro atoms. The Bertz CT molecular complexity index is 919. The monoisotopic (exact) mass is 826 g/mol. The number of unbranched alkanes of at least 4 members (excludes halogenated alkanes) is 32. The minimum atomic E-state index is -1.56. The molecular weight excluding hydrogens is 731 g/mol. The molecule has 7 atom stereocenters. The van der Waals surface area contributed by atoms with E-state index >= 15 is 0 Å². The lowest BCUT2D eigenvalue weighted by Gasteiger charge is -2.40. The standard InChI is InChI=1S/C49H95NO8/c1-3-5-7-9-11-13-15-17-19-21-23-25-27-29-31-33-35-37-39-45(53)50-42(41-57-49-48(56)47(55)46(54)44(40-51)58-49)43(52)38-36-34-32-30-28-26-24-22-20-18-16-14-12-10-8-6-4-2/h36,38,42-44,46-49,51-52,54-56H,3-35,37,39-41H2,1-2H3,(H,50,53)/b38-36+/t42-,43+,44+,46+,47?,48?,49+/m0/s1. The second-order valence-corrected chi connectivity index (χ2v) is 17.6. The van der Waals surface area contributed by atoms with E-state index in [0.717, 1.165) is 38.5 Å². The van der Waals surface area contributed by atoms with Gasteiger partial charge in [0.1, 0.15) is 24.4 Å². The van der Waals surface area contributed by atoms with Crippen LogP contribution < -0.4 is 5.32 Å². The van der Waals surface area contributed by atoms with Crippen LogP contribution in [0.2, 0.25) is 0 Å². The molecule has 1 aliphatic heterocycles. The van der Waals surface area contributed by atoms with Crippen LogP contribution in [0.5, 0.6) is 0 Å². The number of aliphatic hydroxyl groups excluding tert-OH is 5. The van der Waals surface area contributed by atoms with Gasteiger partial charge in [-0.2, -0.15) is 0 Å². The highest BCUT2D eigenvalue weighted by Crippen LogP contribution is 2.23. The van der Waals surface area contributed by atoms with Crippen LogP contribution in [-0.4, -0.2) is 87.5 Å². The maximum Gasteiger partial charge on any atom is 0.220 e. The van der Waals surface area contributed by atoms with Gasteiger partial charge in [-0.15, -0.1) is 0 Å². The largest absolute Gasteiger partial charge is 0.394 e. The molecule has 0 radical (unpaired) electrons. The first-order valence-corrected chi connectivity index (χ1v) is 24.9. The molecule has 9 heteroatoms. The van der Waals surface area contributed by atoms with Crippen molar-refractivity contribution >= 4 is 5.91 Å². The third-order valence-corrected chi connectivity index (χ3v) is 12.1. The lowest BCUT2D eigenvalue weighted by molar-refractivity contribution is -0.302. The van der Waals surface area contributed by atoms with E-state index in [4.69, 9.17) is 9.47 Å². The van der Waals surface area contributed by atoms with Gasteiger partial charge in [0.15, 0.2) is 6.29 Å². The van der Waals surface area contributed by atoms with Crippen molar-refractivity contribution in [2.45, 2.75) is 281 Å². The summed E-state index contributed by atoms with van der Waals surface area (Å²) in [7, 11) is 0. The second kappa shape index (κ2) is 40.0. The number of ether oxygens (including phenoxy) is 2. The van der Waals surface area contributed by atoms with Crippen LogP contribution in [0.15, 0.2) is 12.2 Å². The van der Waals surface area contributed by atoms with E-state index in [1.165, 1.54) is 180 Å². The van der Waals surface area contributed by atoms with Crippen molar-refractivity contribution in [3.63, 3.8) is 0 Å². The molecule has 1 amide bonds. The number of carbonyl (C=O) groups is 1. The normalized spacial score (nSPS) is 20.8. The summed E-state index contributed by atoms with van der Waals surface area (Å²) < 4.78 is 11.2. The van der Waals surface area contributed by atoms with Gasteiger partial charge in [-0.1, -0.05) is 225 Å². The number of rotatable bonds is 42. The number of hydrogen-bond donors (Lipinski definition) is 6. The van der Waals surface area contributed by atoms with Crippen molar-refractivity contribution in [1.29, 1.82) is 0 Å². The number of nitrogens with one attached hydrogen (secondary N) is 1. The van der Waals surface area contributed by atoms with Gasteiger partial charge in [0.25, 0.3) is 0 Å². The molecule has 2 unspecified atom stereocenters. The molecule has 0 aromatic rings. The number of hydrogen-bond acceptors (Lipinski definition) is 8. The quantitative estimate of drug-likeness (QED) is 0.0263. The molecule has 0 bridgehead atoms. The summed E-state index contributed by atoms with van der Waals surface area (Å²) >= 11 is 0. The molecule has 1 rings (SSSR count). The maximum atomic E-state index is 13.0. The molecule has 1 aliphatic rings. The SMILES string of the molecule is CCCCCCCCCCCCCCCCC/C=C/[C@@H](O)[C@H](CO[C@@H]1O[C@H](CO)[C@@H](O)C(O)C1O)NC(=O)CCCCCCCCCCCCCCCCCCCC. The van der Waals surface area contributed by atoms with Gasteiger partial charge in [0.2, 0.25) is 5.91 Å². The fraction of sp³-hybridized carbons (Fsp3) is 0.939. The van der Waals surface area contributed by atoms with Crippen molar-refractivity contribution in [3.8, 4) is 0 Å². The summed E-state index contributed by atoms with van der Waals surface area (Å²) in [5, 5.41) is 54.3. The molecule has 0 saturated carbocycles. The van der Waals surface area contributed by atoms with Crippen molar-refractivity contribution in [1.82, 2.24) is 5.32 Å². The first-order valence-electron chi connectivity index (χ1n) is 24.9. The summed E-state index contributed by atoms with van der Waals surface area (Å²) in [5.74, 6) is -0.172. The van der Waals surface area contributed by atoms with Gasteiger partial charge in [-0.3, -0.25) is 4.79 Å². The molecule has 9 nitrogen and oxygen atoms in total. The van der Waals surface area contributed by atoms with Gasteiger partial charge >= 0.3 is 0 Å². The fourth-order valence-electron chi connectivity index (χ4n) is 8.10. The minimum absolute atomic E-state index is 0.172. The van der Waals surface area contributed by atoms with Gasteiger partial charge in [-0.05, 0) is 19.3 Å². The first kappa shape index (κ1) is 54.9. The van der Waals surface area contributed by atoms with E-state index in [9.17, 15) is 30.3 Å². The van der Waals surface area contributed by atoms with Gasteiger partial charge < -0.3 is 40.3 Å². The van der Waals surface area contributed by atoms with E-state index < -0.39 is 49.5 Å². The average Bonchev–Trinajstić information content (AvgIpc) is 3.22. The number of carbonyl (C=O) groups excluding carboxylic acids is 1. The predicted molar refractivity (Wildman–Crippen MR) is 240 cm³/mol. The fourth-order valence-corrected chi connectivity index (χ4v) is 8.10. The Morgan fingerprint density at radius 2 is 0.948 bits per heavy atom.